The quantitative estimate of drug-likeness (QED) is 0.725. The largest absolute Gasteiger partial charge is 0.243 e. The van der Waals surface area contributed by atoms with E-state index in [9.17, 15) is 8.42 Å². The first-order valence-electron chi connectivity index (χ1n) is 7.24. The van der Waals surface area contributed by atoms with Crippen LogP contribution < -0.4 is 0 Å². The van der Waals surface area contributed by atoms with Crippen LogP contribution in [0.3, 0.4) is 0 Å². The van der Waals surface area contributed by atoms with Crippen LogP contribution in [0.4, 0.5) is 0 Å². The topological polar surface area (TPSA) is 37.4 Å². The predicted octanol–water partition coefficient (Wildman–Crippen LogP) is 3.24. The summed E-state index contributed by atoms with van der Waals surface area (Å²) < 4.78 is 27.2. The van der Waals surface area contributed by atoms with Crippen LogP contribution >= 0.6 is 11.6 Å². The van der Waals surface area contributed by atoms with Crippen molar-refractivity contribution in [3.63, 3.8) is 0 Å². The zero-order valence-electron chi connectivity index (χ0n) is 11.5. The Kier molecular flexibility index (Phi) is 4.07. The van der Waals surface area contributed by atoms with Crippen molar-refractivity contribution in [1.29, 1.82) is 0 Å². The number of halogens is 1. The highest BCUT2D eigenvalue weighted by Gasteiger charge is 2.35. The molecule has 0 aliphatic heterocycles. The molecule has 0 amide bonds. The molecule has 0 radical (unpaired) electrons. The van der Waals surface area contributed by atoms with Gasteiger partial charge in [0, 0.05) is 19.0 Å². The number of hydrogen-bond donors (Lipinski definition) is 0. The molecule has 3 rings (SSSR count). The minimum absolute atomic E-state index is 0.396. The van der Waals surface area contributed by atoms with Crippen LogP contribution in [0.15, 0.2) is 29.2 Å². The highest BCUT2D eigenvalue weighted by atomic mass is 35.5. The molecule has 2 aliphatic carbocycles. The third-order valence-electron chi connectivity index (χ3n) is 4.03. The van der Waals surface area contributed by atoms with E-state index in [4.69, 9.17) is 11.6 Å². The molecule has 0 N–H and O–H groups in total. The molecule has 0 aromatic heterocycles. The molecule has 2 fully saturated rings. The fraction of sp³-hybridized carbons (Fsp3) is 0.600. The van der Waals surface area contributed by atoms with E-state index < -0.39 is 10.0 Å². The second kappa shape index (κ2) is 5.66. The van der Waals surface area contributed by atoms with Crippen LogP contribution in [0, 0.1) is 11.8 Å². The summed E-state index contributed by atoms with van der Waals surface area (Å²) in [6, 6.07) is 6.96. The number of alkyl halides is 1. The summed E-state index contributed by atoms with van der Waals surface area (Å²) in [6.07, 6.45) is 4.67. The van der Waals surface area contributed by atoms with E-state index in [0.29, 0.717) is 35.7 Å². The van der Waals surface area contributed by atoms with Crippen molar-refractivity contribution >= 4 is 21.6 Å². The molecule has 0 heterocycles. The van der Waals surface area contributed by atoms with Gasteiger partial charge in [0.2, 0.25) is 10.0 Å². The van der Waals surface area contributed by atoms with Gasteiger partial charge in [0.05, 0.1) is 4.90 Å². The summed E-state index contributed by atoms with van der Waals surface area (Å²) in [5, 5.41) is 0. The Bertz CT molecular complexity index is 548. The average Bonchev–Trinajstić information content (AvgIpc) is 3.33. The van der Waals surface area contributed by atoms with Gasteiger partial charge in [0.1, 0.15) is 0 Å². The number of benzene rings is 1. The van der Waals surface area contributed by atoms with Crippen molar-refractivity contribution in [3.8, 4) is 0 Å². The summed E-state index contributed by atoms with van der Waals surface area (Å²) in [5.74, 6) is 1.56. The van der Waals surface area contributed by atoms with Gasteiger partial charge < -0.3 is 0 Å². The monoisotopic (exact) mass is 313 g/mol. The van der Waals surface area contributed by atoms with Crippen molar-refractivity contribution in [2.45, 2.75) is 36.5 Å². The minimum Gasteiger partial charge on any atom is -0.207 e. The standard InChI is InChI=1S/C15H20ClNO2S/c16-9-12-5-7-15(8-6-12)20(18,19)17(10-13-1-2-13)11-14-3-4-14/h5-8,13-14H,1-4,9-11H2. The van der Waals surface area contributed by atoms with Crippen LogP contribution in [-0.4, -0.2) is 25.8 Å². The van der Waals surface area contributed by atoms with Gasteiger partial charge in [-0.25, -0.2) is 8.42 Å². The van der Waals surface area contributed by atoms with Gasteiger partial charge in [-0.2, -0.15) is 4.31 Å². The maximum Gasteiger partial charge on any atom is 0.243 e. The molecule has 2 aliphatic rings. The second-order valence-corrected chi connectivity index (χ2v) is 8.19. The minimum atomic E-state index is -3.35. The molecule has 20 heavy (non-hydrogen) atoms. The van der Waals surface area contributed by atoms with E-state index in [-0.39, 0.29) is 0 Å². The highest BCUT2D eigenvalue weighted by Crippen LogP contribution is 2.35. The van der Waals surface area contributed by atoms with E-state index in [1.54, 1.807) is 28.6 Å². The fourth-order valence-electron chi connectivity index (χ4n) is 2.35. The van der Waals surface area contributed by atoms with Gasteiger partial charge in [-0.05, 0) is 55.2 Å². The summed E-state index contributed by atoms with van der Waals surface area (Å²) >= 11 is 5.75. The average molecular weight is 314 g/mol. The maximum absolute atomic E-state index is 12.8. The Morgan fingerprint density at radius 3 is 1.90 bits per heavy atom. The van der Waals surface area contributed by atoms with Gasteiger partial charge in [-0.1, -0.05) is 12.1 Å². The van der Waals surface area contributed by atoms with Gasteiger partial charge in [0.15, 0.2) is 0 Å². The third kappa shape index (κ3) is 3.35. The molecular formula is C15H20ClNO2S. The Labute approximate surface area is 126 Å². The van der Waals surface area contributed by atoms with E-state index in [1.807, 2.05) is 0 Å². The zero-order chi connectivity index (χ0) is 14.2. The normalized spacial score (nSPS) is 19.5. The zero-order valence-corrected chi connectivity index (χ0v) is 13.0. The van der Waals surface area contributed by atoms with Crippen LogP contribution in [0.2, 0.25) is 0 Å². The molecule has 0 unspecified atom stereocenters. The van der Waals surface area contributed by atoms with E-state index in [1.165, 1.54) is 25.7 Å². The molecule has 0 saturated heterocycles. The van der Waals surface area contributed by atoms with Crippen molar-refractivity contribution in [2.75, 3.05) is 13.1 Å². The Morgan fingerprint density at radius 2 is 1.50 bits per heavy atom. The molecule has 1 aromatic carbocycles. The van der Waals surface area contributed by atoms with E-state index >= 15 is 0 Å². The molecule has 2 saturated carbocycles. The van der Waals surface area contributed by atoms with Gasteiger partial charge in [-0.15, -0.1) is 11.6 Å². The number of hydrogen-bond acceptors (Lipinski definition) is 2. The first-order chi connectivity index (χ1) is 9.59. The first kappa shape index (κ1) is 14.4. The highest BCUT2D eigenvalue weighted by molar-refractivity contribution is 7.89. The van der Waals surface area contributed by atoms with Crippen LogP contribution in [0.5, 0.6) is 0 Å². The van der Waals surface area contributed by atoms with Gasteiger partial charge >= 0.3 is 0 Å². The molecule has 110 valence electrons. The molecule has 0 bridgehead atoms. The summed E-state index contributed by atoms with van der Waals surface area (Å²) in [6.45, 7) is 1.38. The third-order valence-corrected chi connectivity index (χ3v) is 6.19. The van der Waals surface area contributed by atoms with Gasteiger partial charge in [-0.3, -0.25) is 0 Å². The lowest BCUT2D eigenvalue weighted by Crippen LogP contribution is -2.34. The maximum atomic E-state index is 12.8. The lowest BCUT2D eigenvalue weighted by Gasteiger charge is -2.22. The molecule has 5 heteroatoms. The Balaban J connectivity index is 1.81. The summed E-state index contributed by atoms with van der Waals surface area (Å²) in [7, 11) is -3.35. The molecular weight excluding hydrogens is 294 g/mol. The van der Waals surface area contributed by atoms with Crippen molar-refractivity contribution < 1.29 is 8.42 Å². The molecule has 0 atom stereocenters. The molecule has 3 nitrogen and oxygen atoms in total. The van der Waals surface area contributed by atoms with E-state index in [2.05, 4.69) is 0 Å². The van der Waals surface area contributed by atoms with Crippen molar-refractivity contribution in [1.82, 2.24) is 4.31 Å². The number of rotatable bonds is 7. The number of nitrogens with zero attached hydrogens (tertiary/aromatic N) is 1. The van der Waals surface area contributed by atoms with Crippen molar-refractivity contribution in [3.05, 3.63) is 29.8 Å². The van der Waals surface area contributed by atoms with Gasteiger partial charge in [0.25, 0.3) is 0 Å². The second-order valence-electron chi connectivity index (χ2n) is 5.99. The SMILES string of the molecule is O=S(=O)(c1ccc(CCl)cc1)N(CC1CC1)CC1CC1. The van der Waals surface area contributed by atoms with E-state index in [0.717, 1.165) is 5.56 Å². The number of sulfonamides is 1. The fourth-order valence-corrected chi connectivity index (χ4v) is 4.12. The first-order valence-corrected chi connectivity index (χ1v) is 9.22. The predicted molar refractivity (Wildman–Crippen MR) is 80.2 cm³/mol. The lowest BCUT2D eigenvalue weighted by atomic mass is 10.2. The Hall–Kier alpha value is -0.580. The smallest absolute Gasteiger partial charge is 0.207 e. The Morgan fingerprint density at radius 1 is 1.00 bits per heavy atom. The van der Waals surface area contributed by atoms with Crippen LogP contribution in [-0.2, 0) is 15.9 Å². The van der Waals surface area contributed by atoms with Crippen molar-refractivity contribution in [2.24, 2.45) is 11.8 Å². The molecule has 1 aromatic rings. The van der Waals surface area contributed by atoms with Crippen LogP contribution in [0.1, 0.15) is 31.2 Å². The summed E-state index contributed by atoms with van der Waals surface area (Å²) in [4.78, 5) is 0.396. The molecule has 0 spiro atoms. The lowest BCUT2D eigenvalue weighted by molar-refractivity contribution is 0.382. The summed E-state index contributed by atoms with van der Waals surface area (Å²) in [5.41, 5.74) is 0.946. The van der Waals surface area contributed by atoms with Crippen LogP contribution in [0.25, 0.3) is 0 Å².